The van der Waals surface area contributed by atoms with Gasteiger partial charge in [0.1, 0.15) is 11.5 Å². The highest BCUT2D eigenvalue weighted by Crippen LogP contribution is 2.35. The number of nitrogens with zero attached hydrogens (tertiary/aromatic N) is 5. The first-order chi connectivity index (χ1) is 14.7. The van der Waals surface area contributed by atoms with Gasteiger partial charge in [0.05, 0.1) is 29.6 Å². The number of nitrogens with one attached hydrogen (secondary N) is 1. The van der Waals surface area contributed by atoms with Crippen LogP contribution in [0.15, 0.2) is 43.0 Å². The minimum atomic E-state index is -4.86. The standard InChI is InChI=1S/C19H14F4N6O2/c1-10-9-28(11-2-3-13(14(20)6-11)19(21,22)23)18(31)16-12(7-26-29(10)16)17(30)27-15-8-24-4-5-25-15/h2-8,10H,9H2,1H3,(H,25,27,30)/t10-/m0/s1. The molecule has 8 nitrogen and oxygen atoms in total. The molecule has 1 aliphatic rings. The summed E-state index contributed by atoms with van der Waals surface area (Å²) in [6, 6.07) is 1.83. The normalized spacial score (nSPS) is 16.2. The van der Waals surface area contributed by atoms with Gasteiger partial charge in [0.15, 0.2) is 5.82 Å². The number of rotatable bonds is 3. The monoisotopic (exact) mass is 434 g/mol. The number of halogens is 4. The molecule has 0 aliphatic carbocycles. The predicted octanol–water partition coefficient (Wildman–Crippen LogP) is 3.30. The Labute approximate surface area is 172 Å². The number of amides is 2. The van der Waals surface area contributed by atoms with E-state index in [1.807, 2.05) is 0 Å². The van der Waals surface area contributed by atoms with Gasteiger partial charge in [0.25, 0.3) is 11.8 Å². The van der Waals surface area contributed by atoms with Crippen molar-refractivity contribution < 1.29 is 27.2 Å². The SMILES string of the molecule is C[C@H]1CN(c2ccc(C(F)(F)F)c(F)c2)C(=O)c2c(C(=O)Nc3cnccn3)cnn21. The Hall–Kier alpha value is -3.83. The van der Waals surface area contributed by atoms with Gasteiger partial charge >= 0.3 is 6.18 Å². The lowest BCUT2D eigenvalue weighted by molar-refractivity contribution is -0.139. The van der Waals surface area contributed by atoms with E-state index in [9.17, 15) is 27.2 Å². The van der Waals surface area contributed by atoms with Gasteiger partial charge in [0.2, 0.25) is 0 Å². The van der Waals surface area contributed by atoms with E-state index in [1.165, 1.54) is 29.5 Å². The smallest absolute Gasteiger partial charge is 0.305 e. The maximum Gasteiger partial charge on any atom is 0.419 e. The number of aromatic nitrogens is 4. The molecule has 160 valence electrons. The number of hydrogen-bond acceptors (Lipinski definition) is 5. The van der Waals surface area contributed by atoms with Gasteiger partial charge in [-0.05, 0) is 25.1 Å². The molecule has 2 amide bonds. The van der Waals surface area contributed by atoms with Crippen LogP contribution in [-0.4, -0.2) is 38.1 Å². The summed E-state index contributed by atoms with van der Waals surface area (Å²) in [7, 11) is 0. The molecule has 1 atom stereocenters. The number of carbonyl (C=O) groups excluding carboxylic acids is 2. The van der Waals surface area contributed by atoms with Crippen LogP contribution in [0.2, 0.25) is 0 Å². The van der Waals surface area contributed by atoms with Crippen molar-refractivity contribution in [3.8, 4) is 0 Å². The molecule has 0 radical (unpaired) electrons. The van der Waals surface area contributed by atoms with Crippen LogP contribution < -0.4 is 10.2 Å². The maximum atomic E-state index is 14.1. The Kier molecular flexibility index (Phi) is 4.91. The van der Waals surface area contributed by atoms with Crippen LogP contribution >= 0.6 is 0 Å². The molecule has 2 aromatic heterocycles. The molecule has 4 rings (SSSR count). The van der Waals surface area contributed by atoms with E-state index in [4.69, 9.17) is 0 Å². The Morgan fingerprint density at radius 2 is 2.00 bits per heavy atom. The molecule has 12 heteroatoms. The van der Waals surface area contributed by atoms with Crippen LogP contribution in [0.5, 0.6) is 0 Å². The van der Waals surface area contributed by atoms with Crippen molar-refractivity contribution in [1.82, 2.24) is 19.7 Å². The minimum Gasteiger partial charge on any atom is -0.305 e. The van der Waals surface area contributed by atoms with E-state index < -0.39 is 35.4 Å². The number of hydrogen-bond donors (Lipinski definition) is 1. The zero-order chi connectivity index (χ0) is 22.3. The summed E-state index contributed by atoms with van der Waals surface area (Å²) in [5.74, 6) is -2.70. The predicted molar refractivity (Wildman–Crippen MR) is 100 cm³/mol. The van der Waals surface area contributed by atoms with Crippen molar-refractivity contribution >= 4 is 23.3 Å². The third-order valence-electron chi connectivity index (χ3n) is 4.73. The third kappa shape index (κ3) is 3.71. The number of alkyl halides is 3. The van der Waals surface area contributed by atoms with E-state index in [0.717, 1.165) is 11.0 Å². The Balaban J connectivity index is 1.68. The average molecular weight is 434 g/mol. The fourth-order valence-electron chi connectivity index (χ4n) is 3.30. The van der Waals surface area contributed by atoms with Crippen molar-refractivity contribution in [2.24, 2.45) is 0 Å². The molecule has 3 heterocycles. The maximum absolute atomic E-state index is 14.1. The topological polar surface area (TPSA) is 93.0 Å². The highest BCUT2D eigenvalue weighted by molar-refractivity contribution is 6.15. The highest BCUT2D eigenvalue weighted by atomic mass is 19.4. The fourth-order valence-corrected chi connectivity index (χ4v) is 3.30. The van der Waals surface area contributed by atoms with Crippen molar-refractivity contribution in [3.05, 3.63) is 65.6 Å². The Morgan fingerprint density at radius 3 is 2.65 bits per heavy atom. The van der Waals surface area contributed by atoms with Gasteiger partial charge in [-0.1, -0.05) is 0 Å². The van der Waals surface area contributed by atoms with Crippen molar-refractivity contribution in [2.45, 2.75) is 19.1 Å². The molecule has 0 unspecified atom stereocenters. The van der Waals surface area contributed by atoms with Gasteiger partial charge in [0, 0.05) is 24.6 Å². The summed E-state index contributed by atoms with van der Waals surface area (Å²) >= 11 is 0. The second-order valence-electron chi connectivity index (χ2n) is 6.82. The number of carbonyl (C=O) groups is 2. The summed E-state index contributed by atoms with van der Waals surface area (Å²) in [5, 5.41) is 6.59. The van der Waals surface area contributed by atoms with Crippen LogP contribution in [-0.2, 0) is 6.18 Å². The lowest BCUT2D eigenvalue weighted by Crippen LogP contribution is -2.43. The van der Waals surface area contributed by atoms with Gasteiger partial charge in [-0.25, -0.2) is 9.37 Å². The second-order valence-corrected chi connectivity index (χ2v) is 6.82. The highest BCUT2D eigenvalue weighted by Gasteiger charge is 2.37. The zero-order valence-electron chi connectivity index (χ0n) is 15.9. The second kappa shape index (κ2) is 7.45. The first kappa shape index (κ1) is 20.4. The number of benzene rings is 1. The van der Waals surface area contributed by atoms with Crippen LogP contribution in [0.25, 0.3) is 0 Å². The van der Waals surface area contributed by atoms with Crippen LogP contribution in [0.1, 0.15) is 39.4 Å². The average Bonchev–Trinajstić information content (AvgIpc) is 3.17. The lowest BCUT2D eigenvalue weighted by atomic mass is 10.1. The summed E-state index contributed by atoms with van der Waals surface area (Å²) < 4.78 is 54.0. The summed E-state index contributed by atoms with van der Waals surface area (Å²) in [6.07, 6.45) is 0.467. The Morgan fingerprint density at radius 1 is 1.23 bits per heavy atom. The van der Waals surface area contributed by atoms with Crippen LogP contribution in [0, 0.1) is 5.82 Å². The largest absolute Gasteiger partial charge is 0.419 e. The fraction of sp³-hybridized carbons (Fsp3) is 0.211. The van der Waals surface area contributed by atoms with E-state index >= 15 is 0 Å². The molecular weight excluding hydrogens is 420 g/mol. The van der Waals surface area contributed by atoms with Crippen LogP contribution in [0.4, 0.5) is 29.1 Å². The number of anilines is 2. The minimum absolute atomic E-state index is 0.0313. The summed E-state index contributed by atoms with van der Waals surface area (Å²) in [5.41, 5.74) is -1.61. The van der Waals surface area contributed by atoms with Gasteiger partial charge < -0.3 is 10.2 Å². The molecule has 0 saturated carbocycles. The van der Waals surface area contributed by atoms with Crippen LogP contribution in [0.3, 0.4) is 0 Å². The van der Waals surface area contributed by atoms with Gasteiger partial charge in [-0.15, -0.1) is 0 Å². The molecule has 1 N–H and O–H groups in total. The quantitative estimate of drug-likeness (QED) is 0.639. The van der Waals surface area contributed by atoms with Gasteiger partial charge in [-0.2, -0.15) is 18.3 Å². The Bertz CT molecular complexity index is 1160. The molecule has 0 saturated heterocycles. The molecule has 3 aromatic rings. The third-order valence-corrected chi connectivity index (χ3v) is 4.73. The van der Waals surface area contributed by atoms with E-state index in [2.05, 4.69) is 20.4 Å². The van der Waals surface area contributed by atoms with E-state index in [-0.39, 0.29) is 29.3 Å². The molecule has 0 fully saturated rings. The van der Waals surface area contributed by atoms with Crippen molar-refractivity contribution in [2.75, 3.05) is 16.8 Å². The molecule has 1 aromatic carbocycles. The lowest BCUT2D eigenvalue weighted by Gasteiger charge is -2.32. The van der Waals surface area contributed by atoms with Crippen molar-refractivity contribution in [1.29, 1.82) is 0 Å². The van der Waals surface area contributed by atoms with Crippen molar-refractivity contribution in [3.63, 3.8) is 0 Å². The van der Waals surface area contributed by atoms with E-state index in [0.29, 0.717) is 12.1 Å². The summed E-state index contributed by atoms with van der Waals surface area (Å²) in [4.78, 5) is 34.6. The zero-order valence-corrected chi connectivity index (χ0v) is 15.9. The molecular formula is C19H14F4N6O2. The summed E-state index contributed by atoms with van der Waals surface area (Å²) in [6.45, 7) is 1.74. The first-order valence-corrected chi connectivity index (χ1v) is 9.00. The van der Waals surface area contributed by atoms with E-state index in [1.54, 1.807) is 6.92 Å². The first-order valence-electron chi connectivity index (χ1n) is 9.00. The van der Waals surface area contributed by atoms with Gasteiger partial charge in [-0.3, -0.25) is 19.3 Å². The molecule has 0 bridgehead atoms. The molecule has 31 heavy (non-hydrogen) atoms. The number of fused-ring (bicyclic) bond motifs is 1. The molecule has 1 aliphatic heterocycles. The molecule has 0 spiro atoms.